The Morgan fingerprint density at radius 3 is 1.57 bits per heavy atom. The number of quaternary nitrogens is 1. The third-order valence-corrected chi connectivity index (χ3v) is 2.66. The van der Waals surface area contributed by atoms with Gasteiger partial charge in [-0.2, -0.15) is 0 Å². The zero-order valence-corrected chi connectivity index (χ0v) is 9.73. The third kappa shape index (κ3) is 6.86. The first-order chi connectivity index (χ1) is 6.51. The summed E-state index contributed by atoms with van der Waals surface area (Å²) in [4.78, 5) is 8.36. The monoisotopic (exact) mass is 206 g/mol. The molecule has 0 aliphatic carbocycles. The second-order valence-corrected chi connectivity index (χ2v) is 3.43. The summed E-state index contributed by atoms with van der Waals surface area (Å²) in [5.41, 5.74) is 0. The largest absolute Gasteiger partial charge is 0.483 e. The highest BCUT2D eigenvalue weighted by Crippen LogP contribution is 2.06. The molecule has 0 aromatic rings. The van der Waals surface area contributed by atoms with Crippen molar-refractivity contribution in [1.29, 1.82) is 0 Å². The average molecular weight is 206 g/mol. The van der Waals surface area contributed by atoms with Crippen molar-refractivity contribution < 1.29 is 19.5 Å². The molecule has 0 saturated heterocycles. The van der Waals surface area contributed by atoms with Crippen molar-refractivity contribution in [3.05, 3.63) is 0 Å². The van der Waals surface area contributed by atoms with Crippen LogP contribution in [0.4, 0.5) is 0 Å². The summed E-state index contributed by atoms with van der Waals surface area (Å²) in [6, 6.07) is 0. The summed E-state index contributed by atoms with van der Waals surface area (Å²) >= 11 is 0. The second-order valence-electron chi connectivity index (χ2n) is 3.43. The Kier molecular flexibility index (Phi) is 10.1. The van der Waals surface area contributed by atoms with Crippen LogP contribution in [0, 0.1) is 0 Å². The Morgan fingerprint density at radius 2 is 1.50 bits per heavy atom. The molecule has 0 rings (SSSR count). The Labute approximate surface area is 86.7 Å². The molecule has 0 heterocycles. The highest BCUT2D eigenvalue weighted by Gasteiger charge is 2.22. The second kappa shape index (κ2) is 8.97. The first-order valence-electron chi connectivity index (χ1n) is 5.12. The highest BCUT2D eigenvalue weighted by atomic mass is 16.3. The zero-order chi connectivity index (χ0) is 11.6. The summed E-state index contributed by atoms with van der Waals surface area (Å²) < 4.78 is 1.04. The van der Waals surface area contributed by atoms with E-state index >= 15 is 0 Å². The molecule has 0 saturated carbocycles. The van der Waals surface area contributed by atoms with E-state index < -0.39 is 0 Å². The van der Waals surface area contributed by atoms with Gasteiger partial charge >= 0.3 is 0 Å². The minimum absolute atomic E-state index is 0.171. The van der Waals surface area contributed by atoms with E-state index in [2.05, 4.69) is 20.8 Å². The molecule has 0 bridgehead atoms. The minimum atomic E-state index is -0.250. The van der Waals surface area contributed by atoms with Gasteiger partial charge in [0, 0.05) is 0 Å². The van der Waals surface area contributed by atoms with Gasteiger partial charge in [-0.15, -0.1) is 0 Å². The number of nitrogens with zero attached hydrogens (tertiary/aromatic N) is 1. The van der Waals surface area contributed by atoms with Gasteiger partial charge in [0.05, 0.1) is 19.6 Å². The Morgan fingerprint density at radius 1 is 1.21 bits per heavy atom. The van der Waals surface area contributed by atoms with E-state index in [1.165, 1.54) is 0 Å². The smallest absolute Gasteiger partial charge is 0.290 e. The normalized spacial score (nSPS) is 12.6. The summed E-state index contributed by atoms with van der Waals surface area (Å²) in [5, 5.41) is 16.2. The van der Waals surface area contributed by atoms with Crippen LogP contribution in [0.1, 0.15) is 27.7 Å². The minimum Gasteiger partial charge on any atom is -0.483 e. The van der Waals surface area contributed by atoms with Gasteiger partial charge in [-0.05, 0) is 27.7 Å². The molecule has 1 atom stereocenters. The fraction of sp³-hybridized carbons (Fsp3) is 0.900. The molecule has 14 heavy (non-hydrogen) atoms. The lowest BCUT2D eigenvalue weighted by Crippen LogP contribution is -2.51. The Balaban J connectivity index is 0. The number of hydrogen-bond acceptors (Lipinski definition) is 2. The van der Waals surface area contributed by atoms with Gasteiger partial charge in [0.1, 0.15) is 12.6 Å². The van der Waals surface area contributed by atoms with Gasteiger partial charge in [0.2, 0.25) is 0 Å². The van der Waals surface area contributed by atoms with Crippen LogP contribution in [-0.2, 0) is 4.79 Å². The number of carboxylic acid groups (broad SMARTS) is 1. The van der Waals surface area contributed by atoms with Gasteiger partial charge < -0.3 is 14.7 Å². The fourth-order valence-electron chi connectivity index (χ4n) is 1.62. The zero-order valence-electron chi connectivity index (χ0n) is 9.73. The van der Waals surface area contributed by atoms with Gasteiger partial charge in [0.25, 0.3) is 6.47 Å². The molecule has 0 aromatic heterocycles. The molecular weight excluding hydrogens is 182 g/mol. The number of hydrogen-bond donors (Lipinski definition) is 2. The van der Waals surface area contributed by atoms with Crippen molar-refractivity contribution in [3.63, 3.8) is 0 Å². The Bertz CT molecular complexity index is 125. The van der Waals surface area contributed by atoms with E-state index in [9.17, 15) is 5.11 Å². The maximum atomic E-state index is 9.27. The van der Waals surface area contributed by atoms with Crippen LogP contribution in [0.15, 0.2) is 0 Å². The molecule has 86 valence electrons. The SMILES string of the molecule is CC[N+](CC)(CC)CC(C)O.O=CO. The van der Waals surface area contributed by atoms with Gasteiger partial charge in [-0.3, -0.25) is 4.79 Å². The maximum absolute atomic E-state index is 9.27. The van der Waals surface area contributed by atoms with Crippen LogP contribution in [0.2, 0.25) is 0 Å². The molecule has 0 amide bonds. The number of aliphatic hydroxyl groups excluding tert-OH is 1. The highest BCUT2D eigenvalue weighted by molar-refractivity contribution is 5.32. The van der Waals surface area contributed by atoms with E-state index in [0.29, 0.717) is 0 Å². The lowest BCUT2D eigenvalue weighted by molar-refractivity contribution is -0.925. The van der Waals surface area contributed by atoms with Crippen LogP contribution in [0.5, 0.6) is 0 Å². The predicted molar refractivity (Wildman–Crippen MR) is 57.1 cm³/mol. The molecule has 0 radical (unpaired) electrons. The molecule has 0 spiro atoms. The molecule has 4 heteroatoms. The molecule has 0 aliphatic rings. The summed E-state index contributed by atoms with van der Waals surface area (Å²) in [6.45, 7) is 12.4. The number of aliphatic hydroxyl groups is 1. The van der Waals surface area contributed by atoms with Crippen LogP contribution in [0.3, 0.4) is 0 Å². The van der Waals surface area contributed by atoms with Crippen molar-refractivity contribution in [2.45, 2.75) is 33.8 Å². The van der Waals surface area contributed by atoms with E-state index in [-0.39, 0.29) is 12.6 Å². The van der Waals surface area contributed by atoms with Crippen LogP contribution in [0.25, 0.3) is 0 Å². The number of carbonyl (C=O) groups is 1. The van der Waals surface area contributed by atoms with Crippen molar-refractivity contribution in [2.75, 3.05) is 26.2 Å². The molecule has 2 N–H and O–H groups in total. The molecule has 0 fully saturated rings. The van der Waals surface area contributed by atoms with E-state index in [4.69, 9.17) is 9.90 Å². The molecular formula is C10H24NO3+. The van der Waals surface area contributed by atoms with Crippen molar-refractivity contribution in [1.82, 2.24) is 0 Å². The van der Waals surface area contributed by atoms with E-state index in [0.717, 1.165) is 30.7 Å². The van der Waals surface area contributed by atoms with Gasteiger partial charge in [0.15, 0.2) is 0 Å². The first kappa shape index (κ1) is 15.8. The Hall–Kier alpha value is -0.610. The third-order valence-electron chi connectivity index (χ3n) is 2.66. The molecule has 0 aliphatic heterocycles. The number of likely N-dealkylation sites (N-methyl/N-ethyl adjacent to an activating group) is 1. The van der Waals surface area contributed by atoms with Crippen LogP contribution in [-0.4, -0.2) is 53.5 Å². The van der Waals surface area contributed by atoms with Gasteiger partial charge in [-0.25, -0.2) is 0 Å². The van der Waals surface area contributed by atoms with Crippen molar-refractivity contribution in [3.8, 4) is 0 Å². The molecule has 4 nitrogen and oxygen atoms in total. The summed E-state index contributed by atoms with van der Waals surface area (Å²) in [6.07, 6.45) is -0.171. The summed E-state index contributed by atoms with van der Waals surface area (Å²) in [7, 11) is 0. The van der Waals surface area contributed by atoms with E-state index in [1.54, 1.807) is 0 Å². The van der Waals surface area contributed by atoms with Crippen molar-refractivity contribution in [2.24, 2.45) is 0 Å². The van der Waals surface area contributed by atoms with Crippen molar-refractivity contribution >= 4 is 6.47 Å². The lowest BCUT2D eigenvalue weighted by atomic mass is 10.2. The maximum Gasteiger partial charge on any atom is 0.290 e. The quantitative estimate of drug-likeness (QED) is 0.520. The number of rotatable bonds is 5. The summed E-state index contributed by atoms with van der Waals surface area (Å²) in [5.74, 6) is 0. The predicted octanol–water partition coefficient (Wildman–Crippen LogP) is 0.944. The van der Waals surface area contributed by atoms with Crippen LogP contribution < -0.4 is 0 Å². The molecule has 1 unspecified atom stereocenters. The van der Waals surface area contributed by atoms with E-state index in [1.807, 2.05) is 6.92 Å². The average Bonchev–Trinajstić information content (AvgIpc) is 2.15. The van der Waals surface area contributed by atoms with Gasteiger partial charge in [-0.1, -0.05) is 0 Å². The first-order valence-corrected chi connectivity index (χ1v) is 5.12. The van der Waals surface area contributed by atoms with Crippen LogP contribution >= 0.6 is 0 Å². The topological polar surface area (TPSA) is 57.5 Å². The molecule has 0 aromatic carbocycles. The standard InChI is InChI=1S/C9H22NO.CH2O2/c1-5-10(6-2,7-3)8-9(4)11;2-1-3/h9,11H,5-8H2,1-4H3;1H,(H,2,3)/q+1;. The lowest BCUT2D eigenvalue weighted by Gasteiger charge is -2.36. The fourth-order valence-corrected chi connectivity index (χ4v) is 1.62.